The number of carbonyl (C=O) groups excluding carboxylic acids is 1. The second-order valence-corrected chi connectivity index (χ2v) is 4.80. The van der Waals surface area contributed by atoms with E-state index in [1.54, 1.807) is 0 Å². The van der Waals surface area contributed by atoms with Crippen molar-refractivity contribution in [2.45, 2.75) is 46.5 Å². The van der Waals surface area contributed by atoms with Crippen LogP contribution in [0.25, 0.3) is 0 Å². The van der Waals surface area contributed by atoms with Crippen LogP contribution in [0.2, 0.25) is 0 Å². The summed E-state index contributed by atoms with van der Waals surface area (Å²) in [5.74, 6) is 0.781. The zero-order valence-corrected chi connectivity index (χ0v) is 12.2. The minimum atomic E-state index is 0.110. The lowest BCUT2D eigenvalue weighted by Crippen LogP contribution is -2.27. The first kappa shape index (κ1) is 17.4. The molecule has 0 aromatic rings. The topological polar surface area (TPSA) is 47.6 Å². The largest absolute Gasteiger partial charge is 0.382 e. The van der Waals surface area contributed by atoms with Crippen LogP contribution >= 0.6 is 0 Å². The third-order valence-electron chi connectivity index (χ3n) is 2.55. The molecule has 0 saturated carbocycles. The van der Waals surface area contributed by atoms with Crippen molar-refractivity contribution in [1.29, 1.82) is 0 Å². The first-order valence-corrected chi connectivity index (χ1v) is 7.09. The molecular formula is C14H29NO3. The number of rotatable bonds is 12. The highest BCUT2D eigenvalue weighted by atomic mass is 16.5. The van der Waals surface area contributed by atoms with Crippen molar-refractivity contribution in [3.05, 3.63) is 0 Å². The van der Waals surface area contributed by atoms with Gasteiger partial charge in [0, 0.05) is 32.8 Å². The van der Waals surface area contributed by atoms with Crippen molar-refractivity contribution in [2.24, 2.45) is 5.92 Å². The van der Waals surface area contributed by atoms with E-state index in [1.165, 1.54) is 0 Å². The Labute approximate surface area is 111 Å². The van der Waals surface area contributed by atoms with Crippen molar-refractivity contribution >= 4 is 5.91 Å². The van der Waals surface area contributed by atoms with Gasteiger partial charge in [-0.05, 0) is 32.1 Å². The number of nitrogens with one attached hydrogen (secondary N) is 1. The molecule has 4 heteroatoms. The molecule has 0 rings (SSSR count). The SMILES string of the molecule is CCOCCCCC(=O)NCCOCCC(C)C. The zero-order valence-electron chi connectivity index (χ0n) is 12.2. The van der Waals surface area contributed by atoms with Crippen molar-refractivity contribution in [2.75, 3.05) is 33.0 Å². The Morgan fingerprint density at radius 3 is 2.56 bits per heavy atom. The number of amides is 1. The standard InChI is InChI=1S/C14H29NO3/c1-4-17-10-6-5-7-14(16)15-9-12-18-11-8-13(2)3/h13H,4-12H2,1-3H3,(H,15,16). The summed E-state index contributed by atoms with van der Waals surface area (Å²) in [7, 11) is 0. The number of hydrogen-bond acceptors (Lipinski definition) is 3. The van der Waals surface area contributed by atoms with Gasteiger partial charge in [0.1, 0.15) is 0 Å². The Balaban J connectivity index is 3.17. The highest BCUT2D eigenvalue weighted by Crippen LogP contribution is 1.98. The van der Waals surface area contributed by atoms with Crippen molar-refractivity contribution in [3.63, 3.8) is 0 Å². The normalized spacial score (nSPS) is 10.9. The van der Waals surface area contributed by atoms with Crippen LogP contribution in [0.4, 0.5) is 0 Å². The summed E-state index contributed by atoms with van der Waals surface area (Å²) in [5.41, 5.74) is 0. The highest BCUT2D eigenvalue weighted by molar-refractivity contribution is 5.75. The van der Waals surface area contributed by atoms with E-state index < -0.39 is 0 Å². The van der Waals surface area contributed by atoms with Crippen LogP contribution < -0.4 is 5.32 Å². The van der Waals surface area contributed by atoms with Gasteiger partial charge in [0.15, 0.2) is 0 Å². The number of ether oxygens (including phenoxy) is 2. The quantitative estimate of drug-likeness (QED) is 0.547. The van der Waals surface area contributed by atoms with Crippen LogP contribution in [0, 0.1) is 5.92 Å². The number of hydrogen-bond donors (Lipinski definition) is 1. The molecule has 0 aromatic heterocycles. The monoisotopic (exact) mass is 259 g/mol. The van der Waals surface area contributed by atoms with E-state index in [9.17, 15) is 4.79 Å². The molecule has 0 fully saturated rings. The van der Waals surface area contributed by atoms with Gasteiger partial charge in [-0.25, -0.2) is 0 Å². The maximum absolute atomic E-state index is 11.4. The first-order valence-electron chi connectivity index (χ1n) is 7.09. The van der Waals surface area contributed by atoms with Gasteiger partial charge in [-0.1, -0.05) is 13.8 Å². The van der Waals surface area contributed by atoms with Gasteiger partial charge in [0.25, 0.3) is 0 Å². The van der Waals surface area contributed by atoms with Gasteiger partial charge in [0.05, 0.1) is 6.61 Å². The lowest BCUT2D eigenvalue weighted by atomic mass is 10.1. The summed E-state index contributed by atoms with van der Waals surface area (Å²) in [4.78, 5) is 11.4. The Hall–Kier alpha value is -0.610. The van der Waals surface area contributed by atoms with Gasteiger partial charge in [-0.3, -0.25) is 4.79 Å². The summed E-state index contributed by atoms with van der Waals surface area (Å²) >= 11 is 0. The molecule has 0 aliphatic carbocycles. The Morgan fingerprint density at radius 1 is 1.11 bits per heavy atom. The van der Waals surface area contributed by atoms with E-state index in [1.807, 2.05) is 6.92 Å². The number of carbonyl (C=O) groups is 1. The molecule has 0 heterocycles. The summed E-state index contributed by atoms with van der Waals surface area (Å²) in [6, 6.07) is 0. The minimum absolute atomic E-state index is 0.110. The molecule has 0 unspecified atom stereocenters. The van der Waals surface area contributed by atoms with E-state index in [-0.39, 0.29) is 5.91 Å². The fourth-order valence-electron chi connectivity index (χ4n) is 1.41. The molecule has 0 bridgehead atoms. The lowest BCUT2D eigenvalue weighted by molar-refractivity contribution is -0.121. The molecule has 0 saturated heterocycles. The van der Waals surface area contributed by atoms with E-state index in [0.717, 1.165) is 39.1 Å². The van der Waals surface area contributed by atoms with Crippen molar-refractivity contribution in [1.82, 2.24) is 5.32 Å². The molecule has 18 heavy (non-hydrogen) atoms. The summed E-state index contributed by atoms with van der Waals surface area (Å²) in [6.45, 7) is 9.83. The fraction of sp³-hybridized carbons (Fsp3) is 0.929. The average molecular weight is 259 g/mol. The van der Waals surface area contributed by atoms with Gasteiger partial charge in [-0.2, -0.15) is 0 Å². The molecule has 0 spiro atoms. The molecule has 1 N–H and O–H groups in total. The van der Waals surface area contributed by atoms with E-state index in [0.29, 0.717) is 25.5 Å². The predicted molar refractivity (Wildman–Crippen MR) is 73.6 cm³/mol. The molecule has 0 aliphatic rings. The van der Waals surface area contributed by atoms with Gasteiger partial charge < -0.3 is 14.8 Å². The second-order valence-electron chi connectivity index (χ2n) is 4.80. The van der Waals surface area contributed by atoms with E-state index in [4.69, 9.17) is 9.47 Å². The average Bonchev–Trinajstić information content (AvgIpc) is 2.33. The minimum Gasteiger partial charge on any atom is -0.382 e. The highest BCUT2D eigenvalue weighted by Gasteiger charge is 2.00. The third kappa shape index (κ3) is 13.5. The third-order valence-corrected chi connectivity index (χ3v) is 2.55. The van der Waals surface area contributed by atoms with Gasteiger partial charge in [-0.15, -0.1) is 0 Å². The smallest absolute Gasteiger partial charge is 0.220 e. The summed E-state index contributed by atoms with van der Waals surface area (Å²) in [6.07, 6.45) is 3.50. The molecule has 0 aliphatic heterocycles. The molecule has 0 aromatic carbocycles. The molecular weight excluding hydrogens is 230 g/mol. The van der Waals surface area contributed by atoms with Crippen LogP contribution in [0.3, 0.4) is 0 Å². The van der Waals surface area contributed by atoms with Crippen molar-refractivity contribution in [3.8, 4) is 0 Å². The molecule has 0 atom stereocenters. The molecule has 1 amide bonds. The summed E-state index contributed by atoms with van der Waals surface area (Å²) < 4.78 is 10.6. The van der Waals surface area contributed by atoms with Crippen LogP contribution in [-0.4, -0.2) is 38.9 Å². The first-order chi connectivity index (χ1) is 8.66. The van der Waals surface area contributed by atoms with Crippen LogP contribution in [0.5, 0.6) is 0 Å². The molecule has 108 valence electrons. The fourth-order valence-corrected chi connectivity index (χ4v) is 1.41. The van der Waals surface area contributed by atoms with Crippen LogP contribution in [0.1, 0.15) is 46.5 Å². The Morgan fingerprint density at radius 2 is 1.89 bits per heavy atom. The zero-order chi connectivity index (χ0) is 13.6. The van der Waals surface area contributed by atoms with Crippen LogP contribution in [0.15, 0.2) is 0 Å². The predicted octanol–water partition coefficient (Wildman–Crippen LogP) is 2.37. The maximum atomic E-state index is 11.4. The van der Waals surface area contributed by atoms with E-state index in [2.05, 4.69) is 19.2 Å². The lowest BCUT2D eigenvalue weighted by Gasteiger charge is -2.07. The van der Waals surface area contributed by atoms with Gasteiger partial charge in [0.2, 0.25) is 5.91 Å². The Kier molecular flexibility index (Phi) is 12.4. The second kappa shape index (κ2) is 12.8. The van der Waals surface area contributed by atoms with Gasteiger partial charge >= 0.3 is 0 Å². The summed E-state index contributed by atoms with van der Waals surface area (Å²) in [5, 5.41) is 2.86. The van der Waals surface area contributed by atoms with Crippen LogP contribution in [-0.2, 0) is 14.3 Å². The van der Waals surface area contributed by atoms with Crippen molar-refractivity contribution < 1.29 is 14.3 Å². The Bertz CT molecular complexity index is 195. The number of unbranched alkanes of at least 4 members (excludes halogenated alkanes) is 1. The maximum Gasteiger partial charge on any atom is 0.220 e. The van der Waals surface area contributed by atoms with E-state index >= 15 is 0 Å². The molecule has 0 radical (unpaired) electrons. The molecule has 4 nitrogen and oxygen atoms in total.